The molecule has 74 valence electrons. The fourth-order valence-electron chi connectivity index (χ4n) is 1.03. The van der Waals surface area contributed by atoms with Crippen LogP contribution >= 0.6 is 0 Å². The van der Waals surface area contributed by atoms with E-state index in [0.717, 1.165) is 17.9 Å². The van der Waals surface area contributed by atoms with Gasteiger partial charge >= 0.3 is 0 Å². The van der Waals surface area contributed by atoms with Crippen LogP contribution < -0.4 is 9.47 Å². The van der Waals surface area contributed by atoms with Crippen molar-refractivity contribution in [2.45, 2.75) is 12.8 Å². The quantitative estimate of drug-likeness (QED) is 0.671. The highest BCUT2D eigenvalue weighted by atomic mass is 16.5. The summed E-state index contributed by atoms with van der Waals surface area (Å²) in [4.78, 5) is 0. The van der Waals surface area contributed by atoms with Crippen molar-refractivity contribution in [2.75, 3.05) is 13.7 Å². The highest BCUT2D eigenvalue weighted by Gasteiger charge is 1.95. The second-order valence-electron chi connectivity index (χ2n) is 2.79. The van der Waals surface area contributed by atoms with E-state index in [1.165, 1.54) is 0 Å². The topological polar surface area (TPSA) is 42.2 Å². The molecule has 14 heavy (non-hydrogen) atoms. The van der Waals surface area contributed by atoms with E-state index >= 15 is 0 Å². The number of ether oxygens (including phenoxy) is 2. The molecule has 3 heteroatoms. The van der Waals surface area contributed by atoms with Gasteiger partial charge in [0.2, 0.25) is 0 Å². The molecule has 0 aliphatic heterocycles. The number of rotatable bonds is 5. The molecule has 0 aromatic heterocycles. The van der Waals surface area contributed by atoms with Crippen LogP contribution in [0.1, 0.15) is 12.8 Å². The molecule has 0 saturated heterocycles. The lowest BCUT2D eigenvalue weighted by Crippen LogP contribution is -1.96. The van der Waals surface area contributed by atoms with Gasteiger partial charge in [-0.2, -0.15) is 5.26 Å². The highest BCUT2D eigenvalue weighted by Crippen LogP contribution is 2.18. The van der Waals surface area contributed by atoms with Crippen LogP contribution in [0.4, 0.5) is 0 Å². The molecule has 1 aromatic carbocycles. The summed E-state index contributed by atoms with van der Waals surface area (Å²) in [5, 5.41) is 8.32. The van der Waals surface area contributed by atoms with Gasteiger partial charge in [-0.15, -0.1) is 0 Å². The van der Waals surface area contributed by atoms with Crippen molar-refractivity contribution in [1.29, 1.82) is 5.26 Å². The molecule has 0 atom stereocenters. The first-order valence-corrected chi connectivity index (χ1v) is 4.50. The summed E-state index contributed by atoms with van der Waals surface area (Å²) >= 11 is 0. The zero-order chi connectivity index (χ0) is 10.2. The van der Waals surface area contributed by atoms with Gasteiger partial charge in [-0.05, 0) is 18.6 Å². The summed E-state index contributed by atoms with van der Waals surface area (Å²) in [7, 11) is 1.62. The smallest absolute Gasteiger partial charge is 0.122 e. The molecule has 0 bridgehead atoms. The van der Waals surface area contributed by atoms with Crippen molar-refractivity contribution in [3.05, 3.63) is 24.3 Å². The molecule has 0 spiro atoms. The van der Waals surface area contributed by atoms with Crippen molar-refractivity contribution >= 4 is 0 Å². The Labute approximate surface area is 83.9 Å². The maximum atomic E-state index is 8.32. The monoisotopic (exact) mass is 191 g/mol. The summed E-state index contributed by atoms with van der Waals surface area (Å²) in [6, 6.07) is 9.50. The first kappa shape index (κ1) is 10.4. The lowest BCUT2D eigenvalue weighted by molar-refractivity contribution is 0.310. The van der Waals surface area contributed by atoms with Crippen molar-refractivity contribution in [3.63, 3.8) is 0 Å². The van der Waals surface area contributed by atoms with E-state index < -0.39 is 0 Å². The molecule has 0 amide bonds. The Morgan fingerprint density at radius 1 is 1.36 bits per heavy atom. The molecule has 1 rings (SSSR count). The van der Waals surface area contributed by atoms with Crippen molar-refractivity contribution < 1.29 is 9.47 Å². The minimum Gasteiger partial charge on any atom is -0.497 e. The fraction of sp³-hybridized carbons (Fsp3) is 0.364. The van der Waals surface area contributed by atoms with Gasteiger partial charge in [-0.1, -0.05) is 6.07 Å². The molecule has 0 unspecified atom stereocenters. The summed E-state index contributed by atoms with van der Waals surface area (Å²) in [5.74, 6) is 1.56. The van der Waals surface area contributed by atoms with E-state index in [2.05, 4.69) is 6.07 Å². The minimum absolute atomic E-state index is 0.532. The Morgan fingerprint density at radius 3 is 2.86 bits per heavy atom. The van der Waals surface area contributed by atoms with Crippen LogP contribution in [-0.2, 0) is 0 Å². The average molecular weight is 191 g/mol. The number of nitriles is 1. The molecular formula is C11H13NO2. The summed E-state index contributed by atoms with van der Waals surface area (Å²) < 4.78 is 10.5. The molecule has 0 fully saturated rings. The first-order valence-electron chi connectivity index (χ1n) is 4.50. The van der Waals surface area contributed by atoms with Gasteiger partial charge in [-0.3, -0.25) is 0 Å². The lowest BCUT2D eigenvalue weighted by Gasteiger charge is -2.06. The van der Waals surface area contributed by atoms with Crippen LogP contribution in [0.2, 0.25) is 0 Å². The van der Waals surface area contributed by atoms with Crippen LogP contribution in [-0.4, -0.2) is 13.7 Å². The van der Waals surface area contributed by atoms with E-state index in [-0.39, 0.29) is 0 Å². The summed E-state index contributed by atoms with van der Waals surface area (Å²) in [6.45, 7) is 0.570. The number of hydrogen-bond donors (Lipinski definition) is 0. The predicted molar refractivity (Wildman–Crippen MR) is 53.3 cm³/mol. The van der Waals surface area contributed by atoms with Crippen molar-refractivity contribution in [2.24, 2.45) is 0 Å². The number of unbranched alkanes of at least 4 members (excludes halogenated alkanes) is 1. The van der Waals surface area contributed by atoms with Crippen LogP contribution in [0.25, 0.3) is 0 Å². The Bertz CT molecular complexity index is 317. The second-order valence-corrected chi connectivity index (χ2v) is 2.79. The Morgan fingerprint density at radius 2 is 2.14 bits per heavy atom. The number of hydrogen-bond acceptors (Lipinski definition) is 3. The first-order chi connectivity index (χ1) is 6.86. The number of nitrogens with zero attached hydrogens (tertiary/aromatic N) is 1. The maximum absolute atomic E-state index is 8.32. The maximum Gasteiger partial charge on any atom is 0.122 e. The fourth-order valence-corrected chi connectivity index (χ4v) is 1.03. The lowest BCUT2D eigenvalue weighted by atomic mass is 10.3. The van der Waals surface area contributed by atoms with Crippen LogP contribution in [0, 0.1) is 11.3 Å². The standard InChI is InChI=1S/C11H13NO2/c1-13-10-5-4-6-11(9-10)14-8-3-2-7-12/h4-6,9H,2-3,8H2,1H3. The third-order valence-corrected chi connectivity index (χ3v) is 1.74. The van der Waals surface area contributed by atoms with E-state index in [1.54, 1.807) is 7.11 Å². The third kappa shape index (κ3) is 3.36. The SMILES string of the molecule is COc1cccc(OCCCC#N)c1. The van der Waals surface area contributed by atoms with Gasteiger partial charge < -0.3 is 9.47 Å². The minimum atomic E-state index is 0.532. The molecule has 0 saturated carbocycles. The molecule has 1 aromatic rings. The van der Waals surface area contributed by atoms with E-state index in [9.17, 15) is 0 Å². The molecule has 0 radical (unpaired) electrons. The largest absolute Gasteiger partial charge is 0.497 e. The van der Waals surface area contributed by atoms with E-state index in [0.29, 0.717) is 13.0 Å². The van der Waals surface area contributed by atoms with Crippen LogP contribution in [0.15, 0.2) is 24.3 Å². The third-order valence-electron chi connectivity index (χ3n) is 1.74. The van der Waals surface area contributed by atoms with Gasteiger partial charge in [0.05, 0.1) is 19.8 Å². The van der Waals surface area contributed by atoms with Crippen LogP contribution in [0.3, 0.4) is 0 Å². The van der Waals surface area contributed by atoms with E-state index in [1.807, 2.05) is 24.3 Å². The van der Waals surface area contributed by atoms with E-state index in [4.69, 9.17) is 14.7 Å². The molecule has 3 nitrogen and oxygen atoms in total. The number of benzene rings is 1. The molecule has 0 aliphatic carbocycles. The van der Waals surface area contributed by atoms with Gasteiger partial charge in [-0.25, -0.2) is 0 Å². The Balaban J connectivity index is 2.39. The second kappa shape index (κ2) is 5.87. The number of methoxy groups -OCH3 is 1. The Hall–Kier alpha value is -1.69. The Kier molecular flexibility index (Phi) is 4.36. The van der Waals surface area contributed by atoms with Gasteiger partial charge in [0, 0.05) is 12.5 Å². The molecule has 0 aliphatic rings. The molecule has 0 heterocycles. The molecule has 0 N–H and O–H groups in total. The van der Waals surface area contributed by atoms with Gasteiger partial charge in [0.1, 0.15) is 11.5 Å². The van der Waals surface area contributed by atoms with Gasteiger partial charge in [0.15, 0.2) is 0 Å². The zero-order valence-corrected chi connectivity index (χ0v) is 8.19. The average Bonchev–Trinajstić information content (AvgIpc) is 2.25. The highest BCUT2D eigenvalue weighted by molar-refractivity contribution is 5.32. The predicted octanol–water partition coefficient (Wildman–Crippen LogP) is 2.38. The summed E-state index contributed by atoms with van der Waals surface area (Å²) in [6.07, 6.45) is 1.29. The van der Waals surface area contributed by atoms with Gasteiger partial charge in [0.25, 0.3) is 0 Å². The summed E-state index contributed by atoms with van der Waals surface area (Å²) in [5.41, 5.74) is 0. The van der Waals surface area contributed by atoms with Crippen molar-refractivity contribution in [1.82, 2.24) is 0 Å². The normalized spacial score (nSPS) is 9.14. The molecular weight excluding hydrogens is 178 g/mol. The zero-order valence-electron chi connectivity index (χ0n) is 8.19. The van der Waals surface area contributed by atoms with Crippen LogP contribution in [0.5, 0.6) is 11.5 Å². The van der Waals surface area contributed by atoms with Crippen molar-refractivity contribution in [3.8, 4) is 17.6 Å².